The second-order valence-electron chi connectivity index (χ2n) is 9.42. The maximum Gasteiger partial charge on any atom is 0.164 e. The molecule has 0 aliphatic carbocycles. The van der Waals surface area contributed by atoms with Gasteiger partial charge in [-0.1, -0.05) is 24.3 Å². The molecule has 1 saturated heterocycles. The number of nitrogens with one attached hydrogen (secondary N) is 1. The lowest BCUT2D eigenvalue weighted by Crippen LogP contribution is -2.56. The van der Waals surface area contributed by atoms with Crippen molar-refractivity contribution < 1.29 is 35.4 Å². The van der Waals surface area contributed by atoms with Crippen LogP contribution < -0.4 is 0 Å². The van der Waals surface area contributed by atoms with E-state index >= 15 is 0 Å². The number of hydrogen-bond donors (Lipinski definition) is 7. The van der Waals surface area contributed by atoms with Crippen molar-refractivity contribution in [3.63, 3.8) is 0 Å². The van der Waals surface area contributed by atoms with Crippen LogP contribution in [0.5, 0.6) is 11.5 Å². The van der Waals surface area contributed by atoms with E-state index in [4.69, 9.17) is 4.74 Å². The SMILES string of the molecule is OC[C@H]1O[C@@H](n2c3c(O)cccc3c3c4c(c5c6cccc(O)c6[nH]c5c32)C=NC4)[C@H](O)[C@@H](O)[C@@H]1O. The minimum atomic E-state index is -1.60. The second kappa shape index (κ2) is 7.42. The predicted molar refractivity (Wildman–Crippen MR) is 132 cm³/mol. The van der Waals surface area contributed by atoms with Gasteiger partial charge in [0.25, 0.3) is 0 Å². The highest BCUT2D eigenvalue weighted by Gasteiger charge is 2.45. The highest BCUT2D eigenvalue weighted by molar-refractivity contribution is 6.29. The Hall–Kier alpha value is -3.67. The van der Waals surface area contributed by atoms with Crippen LogP contribution in [0.15, 0.2) is 41.4 Å². The summed E-state index contributed by atoms with van der Waals surface area (Å²) < 4.78 is 7.57. The summed E-state index contributed by atoms with van der Waals surface area (Å²) in [7, 11) is 0. The highest BCUT2D eigenvalue weighted by atomic mass is 16.6. The van der Waals surface area contributed by atoms with E-state index in [0.717, 1.165) is 27.3 Å². The Balaban J connectivity index is 1.70. The molecule has 0 unspecified atom stereocenters. The zero-order valence-corrected chi connectivity index (χ0v) is 18.8. The summed E-state index contributed by atoms with van der Waals surface area (Å²) in [5, 5.41) is 66.5. The molecule has 0 saturated carbocycles. The number of fused-ring (bicyclic) bond motifs is 10. The van der Waals surface area contributed by atoms with Gasteiger partial charge in [-0.15, -0.1) is 0 Å². The van der Waals surface area contributed by atoms with E-state index in [-0.39, 0.29) is 11.5 Å². The Kier molecular flexibility index (Phi) is 4.45. The predicted octanol–water partition coefficient (Wildman–Crippen LogP) is 1.75. The first-order valence-electron chi connectivity index (χ1n) is 11.7. The van der Waals surface area contributed by atoms with Crippen LogP contribution in [0.2, 0.25) is 0 Å². The maximum atomic E-state index is 11.1. The number of rotatable bonds is 2. The normalized spacial score (nSPS) is 26.1. The van der Waals surface area contributed by atoms with E-state index < -0.39 is 37.3 Å². The summed E-state index contributed by atoms with van der Waals surface area (Å²) >= 11 is 0. The lowest BCUT2D eigenvalue weighted by molar-refractivity contribution is -0.249. The summed E-state index contributed by atoms with van der Waals surface area (Å²) in [5.41, 5.74) is 3.90. The highest BCUT2D eigenvalue weighted by Crippen LogP contribution is 2.48. The summed E-state index contributed by atoms with van der Waals surface area (Å²) in [4.78, 5) is 7.84. The molecule has 0 radical (unpaired) electrons. The van der Waals surface area contributed by atoms with Gasteiger partial charge >= 0.3 is 0 Å². The van der Waals surface area contributed by atoms with Crippen LogP contribution in [0.4, 0.5) is 0 Å². The molecular weight excluding hydrogens is 466 g/mol. The molecule has 2 aliphatic heterocycles. The minimum Gasteiger partial charge on any atom is -0.506 e. The summed E-state index contributed by atoms with van der Waals surface area (Å²) in [6.45, 7) is -0.180. The van der Waals surface area contributed by atoms with Crippen molar-refractivity contribution in [2.75, 3.05) is 6.61 Å². The van der Waals surface area contributed by atoms with Gasteiger partial charge in [0.05, 0.1) is 35.2 Å². The van der Waals surface area contributed by atoms with Gasteiger partial charge in [-0.05, 0) is 17.7 Å². The molecule has 0 bridgehead atoms. The van der Waals surface area contributed by atoms with Crippen LogP contribution in [0.25, 0.3) is 43.6 Å². The van der Waals surface area contributed by atoms with E-state index in [1.807, 2.05) is 12.1 Å². The molecule has 36 heavy (non-hydrogen) atoms. The number of aromatic hydroxyl groups is 2. The maximum absolute atomic E-state index is 11.1. The average Bonchev–Trinajstić information content (AvgIpc) is 3.57. The molecule has 7 rings (SSSR count). The van der Waals surface area contributed by atoms with Crippen molar-refractivity contribution >= 4 is 49.8 Å². The van der Waals surface area contributed by atoms with Crippen molar-refractivity contribution in [3.8, 4) is 11.5 Å². The van der Waals surface area contributed by atoms with Crippen molar-refractivity contribution in [2.45, 2.75) is 37.2 Å². The number of aliphatic imine (C=N–C) groups is 1. The molecule has 4 heterocycles. The third-order valence-electron chi connectivity index (χ3n) is 7.54. The number of phenols is 2. The topological polar surface area (TPSA) is 164 Å². The molecule has 184 valence electrons. The van der Waals surface area contributed by atoms with E-state index in [2.05, 4.69) is 9.98 Å². The zero-order valence-electron chi connectivity index (χ0n) is 18.8. The Bertz CT molecular complexity index is 1730. The quantitative estimate of drug-likeness (QED) is 0.199. The molecule has 0 spiro atoms. The molecule has 5 atom stereocenters. The number of aromatic nitrogens is 2. The number of ether oxygens (including phenoxy) is 1. The molecule has 10 heteroatoms. The Labute approximate surface area is 202 Å². The van der Waals surface area contributed by atoms with Crippen molar-refractivity contribution in [1.29, 1.82) is 0 Å². The smallest absolute Gasteiger partial charge is 0.164 e. The zero-order chi connectivity index (χ0) is 24.9. The van der Waals surface area contributed by atoms with Crippen molar-refractivity contribution in [2.24, 2.45) is 4.99 Å². The van der Waals surface area contributed by atoms with Crippen LogP contribution >= 0.6 is 0 Å². The van der Waals surface area contributed by atoms with Crippen LogP contribution in [-0.4, -0.2) is 77.4 Å². The minimum absolute atomic E-state index is 0.0684. The van der Waals surface area contributed by atoms with Crippen LogP contribution in [0, 0.1) is 0 Å². The van der Waals surface area contributed by atoms with E-state index in [9.17, 15) is 30.6 Å². The van der Waals surface area contributed by atoms with Crippen molar-refractivity contribution in [3.05, 3.63) is 47.5 Å². The number of aromatic amines is 1. The first-order valence-corrected chi connectivity index (χ1v) is 11.7. The van der Waals surface area contributed by atoms with Gasteiger partial charge in [-0.25, -0.2) is 0 Å². The Morgan fingerprint density at radius 2 is 1.64 bits per heavy atom. The number of aliphatic hydroxyl groups excluding tert-OH is 4. The van der Waals surface area contributed by atoms with E-state index in [0.29, 0.717) is 34.0 Å². The summed E-state index contributed by atoms with van der Waals surface area (Å²) in [6.07, 6.45) is -5.28. The van der Waals surface area contributed by atoms with Gasteiger partial charge in [-0.2, -0.15) is 0 Å². The van der Waals surface area contributed by atoms with E-state index in [1.54, 1.807) is 29.0 Å². The number of nitrogens with zero attached hydrogens (tertiary/aromatic N) is 2. The van der Waals surface area contributed by atoms with Gasteiger partial charge in [0.2, 0.25) is 0 Å². The molecule has 2 aromatic heterocycles. The van der Waals surface area contributed by atoms with Crippen molar-refractivity contribution in [1.82, 2.24) is 9.55 Å². The number of phenolic OH excluding ortho intramolecular Hbond substituents is 2. The number of aliphatic hydroxyl groups is 4. The molecule has 7 N–H and O–H groups in total. The number of hydrogen-bond acceptors (Lipinski definition) is 8. The molecule has 3 aromatic carbocycles. The number of benzene rings is 3. The Morgan fingerprint density at radius 1 is 0.889 bits per heavy atom. The van der Waals surface area contributed by atoms with Crippen LogP contribution in [-0.2, 0) is 11.3 Å². The second-order valence-corrected chi connectivity index (χ2v) is 9.42. The lowest BCUT2D eigenvalue weighted by Gasteiger charge is -2.41. The van der Waals surface area contributed by atoms with Crippen LogP contribution in [0.1, 0.15) is 17.4 Å². The van der Waals surface area contributed by atoms with Gasteiger partial charge in [0.1, 0.15) is 35.9 Å². The molecule has 1 fully saturated rings. The Morgan fingerprint density at radius 3 is 2.42 bits per heavy atom. The lowest BCUT2D eigenvalue weighted by atomic mass is 9.96. The molecule has 10 nitrogen and oxygen atoms in total. The van der Waals surface area contributed by atoms with Gasteiger partial charge in [0.15, 0.2) is 6.23 Å². The molecule has 0 amide bonds. The molecular formula is C26H23N3O7. The fourth-order valence-corrected chi connectivity index (χ4v) is 5.93. The largest absolute Gasteiger partial charge is 0.506 e. The third-order valence-corrected chi connectivity index (χ3v) is 7.54. The fraction of sp³-hybridized carbons (Fsp3) is 0.269. The third kappa shape index (κ3) is 2.59. The van der Waals surface area contributed by atoms with Gasteiger partial charge < -0.3 is 44.9 Å². The van der Waals surface area contributed by atoms with Gasteiger partial charge in [-0.3, -0.25) is 4.99 Å². The number of para-hydroxylation sites is 2. The van der Waals surface area contributed by atoms with Crippen LogP contribution in [0.3, 0.4) is 0 Å². The summed E-state index contributed by atoms with van der Waals surface area (Å²) in [5.74, 6) is -0.000631. The standard InChI is InChI=1S/C26H23N3O7/c30-9-16-23(33)24(34)25(35)26(36-16)29-21-11(4-2-6-15(21)32)18-13-8-27-7-12(13)17-10-3-1-5-14(31)19(10)28-20(17)22(18)29/h1-7,16,23-26,28,30-35H,8-9H2/t16-,23-,24+,25-,26-/m1/s1. The monoisotopic (exact) mass is 489 g/mol. The summed E-state index contributed by atoms with van der Waals surface area (Å²) in [6, 6.07) is 10.3. The average molecular weight is 489 g/mol. The van der Waals surface area contributed by atoms with Gasteiger partial charge in [0, 0.05) is 33.3 Å². The van der Waals surface area contributed by atoms with E-state index in [1.165, 1.54) is 6.07 Å². The number of H-pyrrole nitrogens is 1. The first kappa shape index (κ1) is 21.6. The molecule has 5 aromatic rings. The molecule has 2 aliphatic rings. The fourth-order valence-electron chi connectivity index (χ4n) is 5.93. The first-order chi connectivity index (χ1) is 17.4.